The molecule has 0 bridgehead atoms. The van der Waals surface area contributed by atoms with Crippen molar-refractivity contribution in [2.45, 2.75) is 143 Å². The van der Waals surface area contributed by atoms with E-state index in [0.29, 0.717) is 25.4 Å². The molecule has 0 unspecified atom stereocenters. The van der Waals surface area contributed by atoms with Crippen LogP contribution in [0.15, 0.2) is 29.3 Å². The van der Waals surface area contributed by atoms with E-state index in [9.17, 15) is 4.79 Å². The van der Waals surface area contributed by atoms with E-state index in [4.69, 9.17) is 22.8 Å². The van der Waals surface area contributed by atoms with Crippen LogP contribution in [-0.4, -0.2) is 74.0 Å². The highest BCUT2D eigenvalue weighted by Gasteiger charge is 2.51. The highest BCUT2D eigenvalue weighted by Crippen LogP contribution is 2.42. The predicted molar refractivity (Wildman–Crippen MR) is 183 cm³/mol. The fraction of sp³-hybridized carbons (Fsp3) is 0.735. The van der Waals surface area contributed by atoms with Gasteiger partial charge in [0, 0.05) is 35.5 Å². The summed E-state index contributed by atoms with van der Waals surface area (Å²) in [5, 5.41) is 0. The largest absolute Gasteiger partial charge is 0.415 e. The first kappa shape index (κ1) is 34.9. The van der Waals surface area contributed by atoms with Crippen molar-refractivity contribution in [1.82, 2.24) is 0 Å². The molecule has 2 saturated heterocycles. The van der Waals surface area contributed by atoms with E-state index in [1.165, 1.54) is 0 Å². The molecule has 2 heterocycles. The third kappa shape index (κ3) is 9.09. The third-order valence-electron chi connectivity index (χ3n) is 8.86. The topological polar surface area (TPSA) is 66.5 Å². The van der Waals surface area contributed by atoms with Crippen molar-refractivity contribution in [2.75, 3.05) is 6.61 Å². The van der Waals surface area contributed by atoms with Gasteiger partial charge in [-0.3, -0.25) is 4.79 Å². The molecule has 8 atom stereocenters. The lowest BCUT2D eigenvalue weighted by atomic mass is 9.85. The molecule has 0 radical (unpaired) electrons. The molecule has 43 heavy (non-hydrogen) atoms. The average molecular weight is 647 g/mol. The molecule has 2 aliphatic heterocycles. The number of rotatable bonds is 12. The van der Waals surface area contributed by atoms with Crippen molar-refractivity contribution in [3.63, 3.8) is 0 Å². The molecule has 0 N–H and O–H groups in total. The molecular weight excluding hydrogens is 589 g/mol. The lowest BCUT2D eigenvalue weighted by molar-refractivity contribution is -0.152. The van der Waals surface area contributed by atoms with Gasteiger partial charge in [-0.15, -0.1) is 0 Å². The second-order valence-electron chi connectivity index (χ2n) is 16.3. The van der Waals surface area contributed by atoms with Crippen LogP contribution >= 0.6 is 0 Å². The van der Waals surface area contributed by atoms with Gasteiger partial charge in [0.1, 0.15) is 0 Å². The number of epoxide rings is 1. The number of ether oxygens (including phenoxy) is 2. The molecular formula is C34H58O6Si3. The van der Waals surface area contributed by atoms with Crippen LogP contribution < -0.4 is 0 Å². The van der Waals surface area contributed by atoms with Gasteiger partial charge < -0.3 is 22.8 Å². The Morgan fingerprint density at radius 2 is 1.56 bits per heavy atom. The second kappa shape index (κ2) is 13.1. The number of fused-ring (bicyclic) bond motifs is 1. The maximum absolute atomic E-state index is 13.5. The summed E-state index contributed by atoms with van der Waals surface area (Å²) in [6, 6.07) is 6.17. The molecule has 2 fully saturated rings. The maximum atomic E-state index is 13.5. The summed E-state index contributed by atoms with van der Waals surface area (Å²) in [5.41, 5.74) is 5.10. The first-order valence-electron chi connectivity index (χ1n) is 16.4. The molecule has 1 aliphatic carbocycles. The Bertz CT molecular complexity index is 1190. The zero-order valence-corrected chi connectivity index (χ0v) is 32.1. The molecule has 4 rings (SSSR count). The van der Waals surface area contributed by atoms with E-state index in [1.807, 2.05) is 13.0 Å². The second-order valence-corrected chi connectivity index (χ2v) is 29.7. The van der Waals surface area contributed by atoms with E-state index < -0.39 is 25.0 Å². The third-order valence-corrected chi connectivity index (χ3v) is 11.9. The molecule has 6 nitrogen and oxygen atoms in total. The average Bonchev–Trinajstić information content (AvgIpc) is 3.52. The molecule has 1 aromatic carbocycles. The monoisotopic (exact) mass is 646 g/mol. The van der Waals surface area contributed by atoms with Crippen LogP contribution in [0.5, 0.6) is 0 Å². The molecule has 0 aromatic heterocycles. The Labute approximate surface area is 264 Å². The van der Waals surface area contributed by atoms with Gasteiger partial charge in [-0.25, -0.2) is 0 Å². The summed E-state index contributed by atoms with van der Waals surface area (Å²) in [6.07, 6.45) is 2.44. The van der Waals surface area contributed by atoms with Gasteiger partial charge in [0.25, 0.3) is 0 Å². The maximum Gasteiger partial charge on any atom is 0.189 e. The van der Waals surface area contributed by atoms with Crippen molar-refractivity contribution in [3.8, 4) is 0 Å². The van der Waals surface area contributed by atoms with Gasteiger partial charge in [-0.2, -0.15) is 0 Å². The Kier molecular flexibility index (Phi) is 10.6. The van der Waals surface area contributed by atoms with Crippen LogP contribution in [0.2, 0.25) is 58.9 Å². The Balaban J connectivity index is 1.54. The standard InChI is InChI=1S/C34H58O6Si3/c1-21-15-14-16-25-18-27(31(35)30(21)25)22(2)17-28-34(40-43(11,12)13)33(39-42(8,9)10)26(20-36-28)19-29-32(37-29)23(3)24(4)38-41(5,6)7/h14-16,23-24,26,28-29,32-34H,17-20H2,1-13H3/b27-22+/t23-,24+,26+,28+,29+,32+,33-,34-/m1/s1. The number of carbonyl (C=O) groups excluding carboxylic acids is 1. The van der Waals surface area contributed by atoms with Crippen LogP contribution in [0.25, 0.3) is 0 Å². The summed E-state index contributed by atoms with van der Waals surface area (Å²) in [4.78, 5) is 13.5. The molecule has 1 aromatic rings. The minimum Gasteiger partial charge on any atom is -0.415 e. The molecule has 3 aliphatic rings. The Hall–Kier alpha value is -0.919. The highest BCUT2D eigenvalue weighted by atomic mass is 28.4. The van der Waals surface area contributed by atoms with Crippen LogP contribution in [-0.2, 0) is 29.2 Å². The van der Waals surface area contributed by atoms with E-state index >= 15 is 0 Å². The minimum atomic E-state index is -1.95. The number of hydrogen-bond donors (Lipinski definition) is 0. The van der Waals surface area contributed by atoms with Gasteiger partial charge in [0.05, 0.1) is 37.1 Å². The summed E-state index contributed by atoms with van der Waals surface area (Å²) in [7, 11) is -5.49. The minimum absolute atomic E-state index is 0.0653. The van der Waals surface area contributed by atoms with Crippen LogP contribution in [0.1, 0.15) is 55.1 Å². The van der Waals surface area contributed by atoms with E-state index in [2.05, 4.69) is 91.8 Å². The fourth-order valence-corrected chi connectivity index (χ4v) is 10.4. The van der Waals surface area contributed by atoms with Gasteiger partial charge >= 0.3 is 0 Å². The first-order chi connectivity index (χ1) is 19.7. The zero-order valence-electron chi connectivity index (χ0n) is 29.1. The van der Waals surface area contributed by atoms with Gasteiger partial charge in [0.15, 0.2) is 30.7 Å². The predicted octanol–water partition coefficient (Wildman–Crippen LogP) is 7.93. The zero-order chi connectivity index (χ0) is 32.1. The first-order valence-corrected chi connectivity index (χ1v) is 26.6. The van der Waals surface area contributed by atoms with Crippen LogP contribution in [0.4, 0.5) is 0 Å². The number of ketones is 1. The van der Waals surface area contributed by atoms with Crippen LogP contribution in [0.3, 0.4) is 0 Å². The quantitative estimate of drug-likeness (QED) is 0.131. The van der Waals surface area contributed by atoms with Crippen molar-refractivity contribution in [1.29, 1.82) is 0 Å². The number of hydrogen-bond acceptors (Lipinski definition) is 6. The smallest absolute Gasteiger partial charge is 0.189 e. The van der Waals surface area contributed by atoms with E-state index in [1.54, 1.807) is 0 Å². The molecule has 0 amide bonds. The number of carbonyl (C=O) groups is 1. The Morgan fingerprint density at radius 3 is 2.14 bits per heavy atom. The number of benzene rings is 1. The molecule has 0 saturated carbocycles. The van der Waals surface area contributed by atoms with Crippen molar-refractivity contribution in [2.24, 2.45) is 11.8 Å². The SMILES string of the molecule is C/C(C[C@@H]1OC[C@H](C[C@@H]2O[C@H]2[C@H](C)[C@H](C)O[Si](C)(C)C)[C@@H](O[Si](C)(C)C)[C@@H]1O[Si](C)(C)C)=C1/Cc2cccc(C)c2C1=O. The number of Topliss-reactive ketones (excluding diaryl/α,β-unsaturated/α-hetero) is 1. The van der Waals surface area contributed by atoms with Crippen molar-refractivity contribution in [3.05, 3.63) is 46.0 Å². The summed E-state index contributed by atoms with van der Waals surface area (Å²) in [6.45, 7) is 29.5. The summed E-state index contributed by atoms with van der Waals surface area (Å²) >= 11 is 0. The molecule has 9 heteroatoms. The van der Waals surface area contributed by atoms with Crippen molar-refractivity contribution < 1.29 is 27.5 Å². The van der Waals surface area contributed by atoms with E-state index in [0.717, 1.165) is 34.3 Å². The molecule has 0 spiro atoms. The fourth-order valence-electron chi connectivity index (χ4n) is 6.85. The lowest BCUT2D eigenvalue weighted by Gasteiger charge is -2.47. The van der Waals surface area contributed by atoms with Gasteiger partial charge in [0.2, 0.25) is 0 Å². The number of aryl methyl sites for hydroxylation is 1. The van der Waals surface area contributed by atoms with Gasteiger partial charge in [-0.1, -0.05) is 30.7 Å². The van der Waals surface area contributed by atoms with Crippen LogP contribution in [0, 0.1) is 18.8 Å². The molecule has 242 valence electrons. The van der Waals surface area contributed by atoms with E-state index in [-0.39, 0.29) is 48.3 Å². The normalized spacial score (nSPS) is 30.7. The summed E-state index contributed by atoms with van der Waals surface area (Å²) in [5.74, 6) is 0.702. The number of allylic oxidation sites excluding steroid dienone is 1. The Morgan fingerprint density at radius 1 is 0.930 bits per heavy atom. The highest BCUT2D eigenvalue weighted by molar-refractivity contribution is 6.70. The summed E-state index contributed by atoms with van der Waals surface area (Å²) < 4.78 is 33.4. The van der Waals surface area contributed by atoms with Gasteiger partial charge in [-0.05, 0) is 104 Å². The lowest BCUT2D eigenvalue weighted by Crippen LogP contribution is -2.58. The van der Waals surface area contributed by atoms with Crippen molar-refractivity contribution >= 4 is 30.7 Å².